The van der Waals surface area contributed by atoms with E-state index in [0.717, 1.165) is 13.0 Å². The SMILES string of the molecule is CCCCCCNc1nccnc1C#N. The van der Waals surface area contributed by atoms with E-state index in [-0.39, 0.29) is 0 Å². The molecule has 80 valence electrons. The van der Waals surface area contributed by atoms with Gasteiger partial charge in [0.25, 0.3) is 0 Å². The molecule has 0 atom stereocenters. The molecule has 1 N–H and O–H groups in total. The summed E-state index contributed by atoms with van der Waals surface area (Å²) < 4.78 is 0. The van der Waals surface area contributed by atoms with Gasteiger partial charge in [-0.25, -0.2) is 9.97 Å². The molecule has 1 aromatic rings. The van der Waals surface area contributed by atoms with Gasteiger partial charge in [-0.2, -0.15) is 5.26 Å². The predicted molar refractivity (Wildman–Crippen MR) is 59.4 cm³/mol. The summed E-state index contributed by atoms with van der Waals surface area (Å²) in [7, 11) is 0. The molecule has 0 bridgehead atoms. The van der Waals surface area contributed by atoms with Crippen molar-refractivity contribution >= 4 is 5.82 Å². The van der Waals surface area contributed by atoms with Crippen molar-refractivity contribution < 1.29 is 0 Å². The summed E-state index contributed by atoms with van der Waals surface area (Å²) in [5, 5.41) is 11.9. The molecule has 0 aromatic carbocycles. The molecule has 1 rings (SSSR count). The van der Waals surface area contributed by atoms with Crippen LogP contribution in [0.4, 0.5) is 5.82 Å². The van der Waals surface area contributed by atoms with Crippen LogP contribution in [0.1, 0.15) is 38.3 Å². The fourth-order valence-corrected chi connectivity index (χ4v) is 1.31. The third-order valence-electron chi connectivity index (χ3n) is 2.13. The number of anilines is 1. The summed E-state index contributed by atoms with van der Waals surface area (Å²) in [4.78, 5) is 8.00. The van der Waals surface area contributed by atoms with Gasteiger partial charge < -0.3 is 5.32 Å². The van der Waals surface area contributed by atoms with Gasteiger partial charge in [-0.15, -0.1) is 0 Å². The van der Waals surface area contributed by atoms with Gasteiger partial charge in [-0.1, -0.05) is 26.2 Å². The maximum Gasteiger partial charge on any atom is 0.182 e. The van der Waals surface area contributed by atoms with Gasteiger partial charge in [0, 0.05) is 18.9 Å². The van der Waals surface area contributed by atoms with Crippen molar-refractivity contribution in [3.05, 3.63) is 18.1 Å². The molecule has 0 aliphatic carbocycles. The lowest BCUT2D eigenvalue weighted by Crippen LogP contribution is -2.05. The fraction of sp³-hybridized carbons (Fsp3) is 0.545. The van der Waals surface area contributed by atoms with Crippen LogP contribution in [-0.4, -0.2) is 16.5 Å². The van der Waals surface area contributed by atoms with Gasteiger partial charge in [0.05, 0.1) is 0 Å². The molecule has 1 aromatic heterocycles. The first-order valence-corrected chi connectivity index (χ1v) is 5.33. The molecule has 0 aliphatic heterocycles. The standard InChI is InChI=1S/C11H16N4/c1-2-3-4-5-6-14-11-10(9-12)13-7-8-15-11/h7-8H,2-6H2,1H3,(H,14,15). The average Bonchev–Trinajstić information content (AvgIpc) is 2.29. The number of hydrogen-bond acceptors (Lipinski definition) is 4. The lowest BCUT2D eigenvalue weighted by molar-refractivity contribution is 0.684. The van der Waals surface area contributed by atoms with E-state index < -0.39 is 0 Å². The Labute approximate surface area is 90.4 Å². The quantitative estimate of drug-likeness (QED) is 0.722. The zero-order chi connectivity index (χ0) is 10.9. The Morgan fingerprint density at radius 2 is 2.07 bits per heavy atom. The van der Waals surface area contributed by atoms with Crippen molar-refractivity contribution in [3.8, 4) is 6.07 Å². The summed E-state index contributed by atoms with van der Waals surface area (Å²) in [5.41, 5.74) is 0.369. The maximum atomic E-state index is 8.77. The minimum atomic E-state index is 0.369. The molecule has 0 amide bonds. The lowest BCUT2D eigenvalue weighted by Gasteiger charge is -2.05. The Bertz CT molecular complexity index is 330. The predicted octanol–water partition coefficient (Wildman–Crippen LogP) is 2.34. The molecular weight excluding hydrogens is 188 g/mol. The van der Waals surface area contributed by atoms with E-state index in [1.165, 1.54) is 25.5 Å². The summed E-state index contributed by atoms with van der Waals surface area (Å²) in [6.07, 6.45) is 7.93. The highest BCUT2D eigenvalue weighted by atomic mass is 15.0. The number of rotatable bonds is 6. The Hall–Kier alpha value is -1.63. The van der Waals surface area contributed by atoms with Crippen molar-refractivity contribution in [2.24, 2.45) is 0 Å². The van der Waals surface area contributed by atoms with E-state index >= 15 is 0 Å². The zero-order valence-electron chi connectivity index (χ0n) is 9.03. The molecule has 0 aliphatic rings. The molecular formula is C11H16N4. The lowest BCUT2D eigenvalue weighted by atomic mass is 10.2. The molecule has 4 nitrogen and oxygen atoms in total. The third-order valence-corrected chi connectivity index (χ3v) is 2.13. The molecule has 0 spiro atoms. The van der Waals surface area contributed by atoms with Crippen molar-refractivity contribution in [3.63, 3.8) is 0 Å². The first-order valence-electron chi connectivity index (χ1n) is 5.33. The third kappa shape index (κ3) is 3.94. The molecule has 0 saturated heterocycles. The Morgan fingerprint density at radius 1 is 1.27 bits per heavy atom. The van der Waals surface area contributed by atoms with Gasteiger partial charge in [0.1, 0.15) is 6.07 Å². The van der Waals surface area contributed by atoms with Crippen molar-refractivity contribution in [1.82, 2.24) is 9.97 Å². The van der Waals surface area contributed by atoms with Gasteiger partial charge in [-0.05, 0) is 6.42 Å². The Kier molecular flexibility index (Phi) is 5.16. The number of nitrogens with one attached hydrogen (secondary N) is 1. The highest BCUT2D eigenvalue weighted by Gasteiger charge is 2.01. The van der Waals surface area contributed by atoms with Crippen LogP contribution < -0.4 is 5.32 Å². The second-order valence-electron chi connectivity index (χ2n) is 3.35. The summed E-state index contributed by atoms with van der Waals surface area (Å²) in [6.45, 7) is 3.04. The summed E-state index contributed by atoms with van der Waals surface area (Å²) >= 11 is 0. The van der Waals surface area contributed by atoms with Crippen LogP contribution >= 0.6 is 0 Å². The monoisotopic (exact) mass is 204 g/mol. The minimum Gasteiger partial charge on any atom is -0.368 e. The van der Waals surface area contributed by atoms with Crippen LogP contribution in [-0.2, 0) is 0 Å². The van der Waals surface area contributed by atoms with E-state index in [1.807, 2.05) is 6.07 Å². The number of nitrogens with zero attached hydrogens (tertiary/aromatic N) is 3. The number of unbranched alkanes of at least 4 members (excludes halogenated alkanes) is 3. The normalized spacial score (nSPS) is 9.60. The molecule has 0 saturated carbocycles. The molecule has 1 heterocycles. The maximum absolute atomic E-state index is 8.77. The topological polar surface area (TPSA) is 61.6 Å². The number of hydrogen-bond donors (Lipinski definition) is 1. The van der Waals surface area contributed by atoms with E-state index in [0.29, 0.717) is 11.5 Å². The van der Waals surface area contributed by atoms with E-state index in [4.69, 9.17) is 5.26 Å². The Balaban J connectivity index is 2.34. The van der Waals surface area contributed by atoms with Crippen LogP contribution in [0.3, 0.4) is 0 Å². The highest BCUT2D eigenvalue weighted by molar-refractivity contribution is 5.46. The van der Waals surface area contributed by atoms with Gasteiger partial charge in [0.2, 0.25) is 0 Å². The molecule has 4 heteroatoms. The Morgan fingerprint density at radius 3 is 2.80 bits per heavy atom. The second-order valence-corrected chi connectivity index (χ2v) is 3.35. The van der Waals surface area contributed by atoms with Crippen molar-refractivity contribution in [2.45, 2.75) is 32.6 Å². The largest absolute Gasteiger partial charge is 0.368 e. The average molecular weight is 204 g/mol. The van der Waals surface area contributed by atoms with Gasteiger partial charge in [0.15, 0.2) is 11.5 Å². The van der Waals surface area contributed by atoms with Crippen LogP contribution in [0.2, 0.25) is 0 Å². The van der Waals surface area contributed by atoms with E-state index in [9.17, 15) is 0 Å². The molecule has 15 heavy (non-hydrogen) atoms. The minimum absolute atomic E-state index is 0.369. The number of aromatic nitrogens is 2. The first-order chi connectivity index (χ1) is 7.38. The highest BCUT2D eigenvalue weighted by Crippen LogP contribution is 2.07. The van der Waals surface area contributed by atoms with Crippen LogP contribution in [0, 0.1) is 11.3 Å². The van der Waals surface area contributed by atoms with E-state index in [2.05, 4.69) is 22.2 Å². The van der Waals surface area contributed by atoms with Crippen molar-refractivity contribution in [1.29, 1.82) is 5.26 Å². The fourth-order valence-electron chi connectivity index (χ4n) is 1.31. The van der Waals surface area contributed by atoms with E-state index in [1.54, 1.807) is 6.20 Å². The van der Waals surface area contributed by atoms with Crippen LogP contribution in [0.25, 0.3) is 0 Å². The van der Waals surface area contributed by atoms with Gasteiger partial charge >= 0.3 is 0 Å². The van der Waals surface area contributed by atoms with Crippen LogP contribution in [0.15, 0.2) is 12.4 Å². The first kappa shape index (κ1) is 11.4. The second kappa shape index (κ2) is 6.77. The summed E-state index contributed by atoms with van der Waals surface area (Å²) in [5.74, 6) is 0.594. The van der Waals surface area contributed by atoms with Crippen LogP contribution in [0.5, 0.6) is 0 Å². The van der Waals surface area contributed by atoms with Crippen molar-refractivity contribution in [2.75, 3.05) is 11.9 Å². The zero-order valence-corrected chi connectivity index (χ0v) is 9.03. The molecule has 0 fully saturated rings. The number of nitriles is 1. The molecule has 0 radical (unpaired) electrons. The molecule has 0 unspecified atom stereocenters. The van der Waals surface area contributed by atoms with Gasteiger partial charge in [-0.3, -0.25) is 0 Å². The smallest absolute Gasteiger partial charge is 0.182 e. The summed E-state index contributed by atoms with van der Waals surface area (Å²) in [6, 6.07) is 2.01.